The van der Waals surface area contributed by atoms with Crippen molar-refractivity contribution in [2.24, 2.45) is 13.0 Å². The van der Waals surface area contributed by atoms with Crippen molar-refractivity contribution in [1.82, 2.24) is 39.7 Å². The summed E-state index contributed by atoms with van der Waals surface area (Å²) in [5, 5.41) is 17.6. The minimum atomic E-state index is -1.52. The molecule has 1 aliphatic heterocycles. The van der Waals surface area contributed by atoms with Gasteiger partial charge in [0.05, 0.1) is 24.2 Å². The van der Waals surface area contributed by atoms with Gasteiger partial charge in [0.1, 0.15) is 11.8 Å². The van der Waals surface area contributed by atoms with Crippen LogP contribution in [0.3, 0.4) is 0 Å². The van der Waals surface area contributed by atoms with Gasteiger partial charge in [0.2, 0.25) is 5.95 Å². The summed E-state index contributed by atoms with van der Waals surface area (Å²) >= 11 is 0. The summed E-state index contributed by atoms with van der Waals surface area (Å²) in [4.78, 5) is 21.6. The Kier molecular flexibility index (Phi) is 5.02. The molecule has 8 rings (SSSR count). The minimum Gasteiger partial charge on any atom is -0.441 e. The Labute approximate surface area is 216 Å². The van der Waals surface area contributed by atoms with Gasteiger partial charge in [-0.25, -0.2) is 19.2 Å². The van der Waals surface area contributed by atoms with Gasteiger partial charge in [-0.1, -0.05) is 0 Å². The summed E-state index contributed by atoms with van der Waals surface area (Å²) in [6, 6.07) is 1.67. The molecule has 0 spiro atoms. The predicted octanol–water partition coefficient (Wildman–Crippen LogP) is 3.27. The van der Waals surface area contributed by atoms with E-state index in [0.29, 0.717) is 17.5 Å². The molecule has 0 unspecified atom stereocenters. The van der Waals surface area contributed by atoms with Crippen molar-refractivity contribution in [2.75, 3.05) is 11.9 Å². The van der Waals surface area contributed by atoms with Crippen LogP contribution < -0.4 is 10.6 Å². The molecule has 3 N–H and O–H groups in total. The zero-order valence-electron chi connectivity index (χ0n) is 21.2. The Bertz CT molecular complexity index is 1540. The highest BCUT2D eigenvalue weighted by atomic mass is 19.1. The van der Waals surface area contributed by atoms with E-state index < -0.39 is 24.5 Å². The number of hydrogen-bond donors (Lipinski definition) is 3. The van der Waals surface area contributed by atoms with E-state index in [9.17, 15) is 4.79 Å². The Hall–Kier alpha value is -4.00. The molecular formula is C25H28FN9O3. The zero-order chi connectivity index (χ0) is 26.2. The molecule has 3 saturated carbocycles. The molecule has 13 heteroatoms. The lowest BCUT2D eigenvalue weighted by atomic mass is 9.50. The third kappa shape index (κ3) is 3.56. The van der Waals surface area contributed by atoms with Crippen molar-refractivity contribution in [3.8, 4) is 11.1 Å². The number of H-pyrrole nitrogens is 1. The number of aryl methyl sites for hydroxylation is 2. The Morgan fingerprint density at radius 1 is 1.32 bits per heavy atom. The Balaban J connectivity index is 1.07. The van der Waals surface area contributed by atoms with Crippen molar-refractivity contribution >= 4 is 23.5 Å². The number of nitrogens with one attached hydrogen (secondary N) is 3. The number of imidazole rings is 1. The Morgan fingerprint density at radius 2 is 2.13 bits per heavy atom. The second-order valence-electron chi connectivity index (χ2n) is 10.6. The molecule has 4 fully saturated rings. The number of fused-ring (bicyclic) bond motifs is 1. The molecule has 3 atom stereocenters. The van der Waals surface area contributed by atoms with E-state index in [1.807, 2.05) is 42.4 Å². The molecule has 1 amide bonds. The lowest BCUT2D eigenvalue weighted by Gasteiger charge is -2.61. The van der Waals surface area contributed by atoms with Crippen LogP contribution >= 0.6 is 0 Å². The summed E-state index contributed by atoms with van der Waals surface area (Å²) in [5.74, 6) is 1.67. The van der Waals surface area contributed by atoms with E-state index in [4.69, 9.17) is 14.5 Å². The van der Waals surface area contributed by atoms with E-state index in [1.54, 1.807) is 12.3 Å². The van der Waals surface area contributed by atoms with Gasteiger partial charge in [-0.15, -0.1) is 0 Å². The van der Waals surface area contributed by atoms with E-state index in [0.717, 1.165) is 53.3 Å². The fourth-order valence-corrected chi connectivity index (χ4v) is 5.85. The van der Waals surface area contributed by atoms with Crippen LogP contribution in [-0.2, 0) is 16.5 Å². The van der Waals surface area contributed by atoms with Gasteiger partial charge < -0.3 is 20.1 Å². The third-order valence-corrected chi connectivity index (χ3v) is 8.12. The average Bonchev–Trinajstić information content (AvgIpc) is 3.62. The number of nitrogens with zero attached hydrogens (tertiary/aromatic N) is 6. The van der Waals surface area contributed by atoms with E-state index in [-0.39, 0.29) is 12.1 Å². The number of ether oxygens (including phenoxy) is 2. The highest BCUT2D eigenvalue weighted by Crippen LogP contribution is 2.57. The van der Waals surface area contributed by atoms with Gasteiger partial charge in [0.25, 0.3) is 0 Å². The quantitative estimate of drug-likeness (QED) is 0.352. The third-order valence-electron chi connectivity index (χ3n) is 8.12. The number of halogens is 1. The van der Waals surface area contributed by atoms with Crippen LogP contribution in [0, 0.1) is 19.8 Å². The summed E-state index contributed by atoms with van der Waals surface area (Å²) in [5.41, 5.74) is 4.69. The summed E-state index contributed by atoms with van der Waals surface area (Å²) < 4.78 is 29.9. The summed E-state index contributed by atoms with van der Waals surface area (Å²) in [6.07, 6.45) is 4.28. The second-order valence-corrected chi connectivity index (χ2v) is 10.6. The van der Waals surface area contributed by atoms with Gasteiger partial charge in [0.15, 0.2) is 18.1 Å². The molecule has 0 radical (unpaired) electrons. The highest BCUT2D eigenvalue weighted by Gasteiger charge is 2.58. The number of carbonyl (C=O) groups excluding carboxylic acids is 1. The van der Waals surface area contributed by atoms with Gasteiger partial charge in [-0.3, -0.25) is 14.2 Å². The van der Waals surface area contributed by atoms with Crippen molar-refractivity contribution in [3.05, 3.63) is 41.7 Å². The maximum atomic E-state index is 15.2. The molecule has 0 aromatic carbocycles. The van der Waals surface area contributed by atoms with E-state index in [2.05, 4.69) is 30.9 Å². The first kappa shape index (κ1) is 23.1. The second kappa shape index (κ2) is 8.25. The number of rotatable bonds is 6. The fraction of sp³-hybridized carbons (Fsp3) is 0.480. The van der Waals surface area contributed by atoms with Crippen LogP contribution in [0.4, 0.5) is 21.0 Å². The first-order valence-corrected chi connectivity index (χ1v) is 12.7. The number of amides is 1. The van der Waals surface area contributed by atoms with Crippen LogP contribution in [0.1, 0.15) is 42.4 Å². The normalized spacial score (nSPS) is 27.7. The lowest BCUT2D eigenvalue weighted by Crippen LogP contribution is -2.68. The Morgan fingerprint density at radius 3 is 2.84 bits per heavy atom. The maximum Gasteiger partial charge on any atom is 0.408 e. The monoisotopic (exact) mass is 521 g/mol. The van der Waals surface area contributed by atoms with Gasteiger partial charge in [0, 0.05) is 47.9 Å². The summed E-state index contributed by atoms with van der Waals surface area (Å²) in [7, 11) is 1.89. The molecule has 198 valence electrons. The molecule has 38 heavy (non-hydrogen) atoms. The number of hydrogen-bond acceptors (Lipinski definition) is 8. The molecule has 1 saturated heterocycles. The number of anilines is 2. The molecule has 2 bridgehead atoms. The predicted molar refractivity (Wildman–Crippen MR) is 134 cm³/mol. The molecule has 5 heterocycles. The first-order chi connectivity index (χ1) is 18.3. The van der Waals surface area contributed by atoms with Crippen LogP contribution in [0.5, 0.6) is 0 Å². The number of carbonyl (C=O) groups is 1. The molecule has 4 aliphatic rings. The largest absolute Gasteiger partial charge is 0.441 e. The zero-order valence-corrected chi connectivity index (χ0v) is 21.2. The topological polar surface area (TPSA) is 136 Å². The standard InChI is InChI=1S/C25H28FN9O3/c1-12-19(15-10-28-34(3)13(15)2)22-27-4-5-35(22)23(29-12)30-18-6-16(32-33-18)21-20(26)17(11-37-21)38-24(36)31-25-7-14(8-25)9-25/h4-6,10,14,17,20-21H,7-9,11H2,1-3H3,(H,31,36)(H2,29,30,32,33)/t14?,17-,20+,21-,25?/m1/s1. The SMILES string of the molecule is Cc1nc(Nc2cc([C@H]3OC[C@@H](OC(=O)NC45CC(C4)C5)[C@@H]3F)[nH]n2)n2ccnc2c1-c1cnn(C)c1C. The van der Waals surface area contributed by atoms with Crippen molar-refractivity contribution < 1.29 is 18.7 Å². The van der Waals surface area contributed by atoms with Crippen molar-refractivity contribution in [2.45, 2.75) is 57.0 Å². The van der Waals surface area contributed by atoms with Crippen LogP contribution in [0.25, 0.3) is 16.8 Å². The first-order valence-electron chi connectivity index (χ1n) is 12.7. The molecule has 4 aromatic heterocycles. The van der Waals surface area contributed by atoms with Gasteiger partial charge in [-0.05, 0) is 39.0 Å². The average molecular weight is 522 g/mol. The van der Waals surface area contributed by atoms with Crippen molar-refractivity contribution in [3.63, 3.8) is 0 Å². The molecule has 12 nitrogen and oxygen atoms in total. The fourth-order valence-electron chi connectivity index (χ4n) is 5.85. The van der Waals surface area contributed by atoms with Crippen molar-refractivity contribution in [1.29, 1.82) is 0 Å². The van der Waals surface area contributed by atoms with Gasteiger partial charge >= 0.3 is 6.09 Å². The van der Waals surface area contributed by atoms with Crippen LogP contribution in [0.2, 0.25) is 0 Å². The number of alkyl halides is 1. The highest BCUT2D eigenvalue weighted by molar-refractivity contribution is 5.82. The molecular weight excluding hydrogens is 493 g/mol. The summed E-state index contributed by atoms with van der Waals surface area (Å²) in [6.45, 7) is 3.89. The number of aromatic nitrogens is 7. The number of aromatic amines is 1. The molecule has 3 aliphatic carbocycles. The molecule has 4 aromatic rings. The van der Waals surface area contributed by atoms with Crippen LogP contribution in [0.15, 0.2) is 24.7 Å². The van der Waals surface area contributed by atoms with Gasteiger partial charge in [-0.2, -0.15) is 10.2 Å². The smallest absolute Gasteiger partial charge is 0.408 e. The number of alkyl carbamates (subject to hydrolysis) is 1. The van der Waals surface area contributed by atoms with E-state index >= 15 is 4.39 Å². The minimum absolute atomic E-state index is 0.0255. The van der Waals surface area contributed by atoms with E-state index in [1.165, 1.54) is 0 Å². The lowest BCUT2D eigenvalue weighted by molar-refractivity contribution is -0.0528. The maximum absolute atomic E-state index is 15.2. The van der Waals surface area contributed by atoms with Crippen LogP contribution in [-0.4, -0.2) is 64.9 Å².